The van der Waals surface area contributed by atoms with Crippen LogP contribution < -0.4 is 10.3 Å². The molecule has 1 atom stereocenters. The Morgan fingerprint density at radius 2 is 2.00 bits per heavy atom. The van der Waals surface area contributed by atoms with E-state index < -0.39 is 0 Å². The van der Waals surface area contributed by atoms with Crippen LogP contribution in [0.25, 0.3) is 38.7 Å². The number of rotatable bonds is 6. The monoisotopic (exact) mass is 521 g/mol. The fourth-order valence-corrected chi connectivity index (χ4v) is 5.20. The highest BCUT2D eigenvalue weighted by atomic mass is 16.5. The zero-order valence-electron chi connectivity index (χ0n) is 21.7. The highest BCUT2D eigenvalue weighted by molar-refractivity contribution is 5.88. The molecule has 0 bridgehead atoms. The first-order valence-electron chi connectivity index (χ1n) is 13.0. The lowest BCUT2D eigenvalue weighted by Crippen LogP contribution is -2.24. The zero-order valence-corrected chi connectivity index (χ0v) is 21.7. The molecule has 1 saturated heterocycles. The summed E-state index contributed by atoms with van der Waals surface area (Å²) in [6.07, 6.45) is 4.70. The van der Waals surface area contributed by atoms with E-state index in [1.54, 1.807) is 10.9 Å². The fraction of sp³-hybridized carbons (Fsp3) is 0.276. The fourth-order valence-electron chi connectivity index (χ4n) is 5.20. The van der Waals surface area contributed by atoms with Crippen molar-refractivity contribution in [1.29, 1.82) is 0 Å². The Morgan fingerprint density at radius 1 is 1.10 bits per heavy atom. The first-order chi connectivity index (χ1) is 19.0. The third-order valence-electron chi connectivity index (χ3n) is 7.18. The molecule has 0 N–H and O–H groups in total. The van der Waals surface area contributed by atoms with Crippen molar-refractivity contribution in [3.63, 3.8) is 0 Å². The van der Waals surface area contributed by atoms with Gasteiger partial charge in [-0.15, -0.1) is 0 Å². The first-order valence-corrected chi connectivity index (χ1v) is 13.0. The minimum Gasteiger partial charge on any atom is -0.477 e. The Bertz CT molecular complexity index is 1910. The molecule has 0 spiro atoms. The van der Waals surface area contributed by atoms with E-state index in [1.807, 2.05) is 77.8 Å². The van der Waals surface area contributed by atoms with E-state index in [9.17, 15) is 4.79 Å². The summed E-state index contributed by atoms with van der Waals surface area (Å²) in [5.41, 5.74) is 4.73. The van der Waals surface area contributed by atoms with Crippen LogP contribution in [0.1, 0.15) is 17.9 Å². The zero-order chi connectivity index (χ0) is 26.5. The summed E-state index contributed by atoms with van der Waals surface area (Å²) in [5, 5.41) is 6.03. The molecule has 10 heteroatoms. The molecular weight excluding hydrogens is 494 g/mol. The van der Waals surface area contributed by atoms with Crippen molar-refractivity contribution < 1.29 is 9.47 Å². The normalized spacial score (nSPS) is 15.6. The van der Waals surface area contributed by atoms with Crippen LogP contribution in [0.4, 0.5) is 0 Å². The van der Waals surface area contributed by atoms with Crippen LogP contribution in [0.15, 0.2) is 65.8 Å². The summed E-state index contributed by atoms with van der Waals surface area (Å²) >= 11 is 0. The number of imidazole rings is 1. The van der Waals surface area contributed by atoms with Crippen LogP contribution in [0.3, 0.4) is 0 Å². The van der Waals surface area contributed by atoms with Gasteiger partial charge in [0, 0.05) is 37.4 Å². The number of hydrogen-bond acceptors (Lipinski definition) is 7. The molecule has 1 aliphatic heterocycles. The molecule has 5 heterocycles. The maximum absolute atomic E-state index is 13.6. The predicted octanol–water partition coefficient (Wildman–Crippen LogP) is 3.76. The lowest BCUT2D eigenvalue weighted by Gasteiger charge is -2.15. The number of aryl methyl sites for hydroxylation is 2. The molecule has 4 aromatic heterocycles. The summed E-state index contributed by atoms with van der Waals surface area (Å²) in [7, 11) is 1.94. The van der Waals surface area contributed by atoms with Crippen molar-refractivity contribution >= 4 is 27.5 Å². The number of ether oxygens (including phenoxy) is 2. The second-order valence-corrected chi connectivity index (χ2v) is 10.1. The highest BCUT2D eigenvalue weighted by Crippen LogP contribution is 2.29. The Labute approximate surface area is 223 Å². The molecule has 0 aliphatic carbocycles. The standard InChI is InChI=1S/C29H27N7O3/c1-18-11-27-35(29(37)21-5-3-4-6-25(21)36(27)33-18)14-26-31-23-8-7-20(24-13-34(2)17-30-24)12-22(23)28(32-26)39-16-19-9-10-38-15-19/h3-8,11-13,17,19H,9-10,14-16H2,1-2H3. The maximum atomic E-state index is 13.6. The minimum absolute atomic E-state index is 0.113. The quantitative estimate of drug-likeness (QED) is 0.329. The topological polar surface area (TPSA) is 101 Å². The number of hydrogen-bond donors (Lipinski definition) is 0. The van der Waals surface area contributed by atoms with E-state index in [1.165, 1.54) is 0 Å². The van der Waals surface area contributed by atoms with Gasteiger partial charge in [-0.2, -0.15) is 10.1 Å². The molecule has 0 amide bonds. The Balaban J connectivity index is 1.35. The number of para-hydroxylation sites is 1. The van der Waals surface area contributed by atoms with Crippen molar-refractivity contribution in [3.8, 4) is 17.1 Å². The van der Waals surface area contributed by atoms with E-state index in [0.717, 1.165) is 46.4 Å². The lowest BCUT2D eigenvalue weighted by atomic mass is 10.1. The molecule has 1 aliphatic rings. The van der Waals surface area contributed by atoms with E-state index in [4.69, 9.17) is 19.4 Å². The Hall–Kier alpha value is -4.57. The molecule has 0 radical (unpaired) electrons. The minimum atomic E-state index is -0.113. The molecule has 1 fully saturated rings. The van der Waals surface area contributed by atoms with E-state index in [2.05, 4.69) is 10.1 Å². The summed E-state index contributed by atoms with van der Waals surface area (Å²) in [6.45, 7) is 4.03. The Kier molecular flexibility index (Phi) is 5.62. The molecule has 196 valence electrons. The van der Waals surface area contributed by atoms with Gasteiger partial charge in [0.25, 0.3) is 5.56 Å². The molecule has 10 nitrogen and oxygen atoms in total. The van der Waals surface area contributed by atoms with Gasteiger partial charge in [0.05, 0.1) is 59.3 Å². The molecule has 6 aromatic rings. The van der Waals surface area contributed by atoms with Crippen LogP contribution in [0.2, 0.25) is 0 Å². The van der Waals surface area contributed by atoms with E-state index in [-0.39, 0.29) is 12.1 Å². The molecule has 1 unspecified atom stereocenters. The summed E-state index contributed by atoms with van der Waals surface area (Å²) in [4.78, 5) is 27.8. The van der Waals surface area contributed by atoms with Gasteiger partial charge in [-0.3, -0.25) is 9.36 Å². The van der Waals surface area contributed by atoms with Gasteiger partial charge in [-0.1, -0.05) is 18.2 Å². The van der Waals surface area contributed by atoms with Crippen LogP contribution in [-0.4, -0.2) is 53.5 Å². The molecule has 0 saturated carbocycles. The average Bonchev–Trinajstić information content (AvgIpc) is 3.71. The summed E-state index contributed by atoms with van der Waals surface area (Å²) in [6, 6.07) is 15.4. The van der Waals surface area contributed by atoms with Gasteiger partial charge in [-0.25, -0.2) is 14.5 Å². The van der Waals surface area contributed by atoms with E-state index >= 15 is 0 Å². The van der Waals surface area contributed by atoms with Gasteiger partial charge in [0.15, 0.2) is 5.82 Å². The van der Waals surface area contributed by atoms with Crippen LogP contribution in [0.5, 0.6) is 5.88 Å². The molecular formula is C29H27N7O3. The van der Waals surface area contributed by atoms with Crippen LogP contribution >= 0.6 is 0 Å². The molecule has 7 rings (SSSR count). The Morgan fingerprint density at radius 3 is 2.82 bits per heavy atom. The number of aromatic nitrogens is 7. The third-order valence-corrected chi connectivity index (χ3v) is 7.18. The second-order valence-electron chi connectivity index (χ2n) is 10.1. The first kappa shape index (κ1) is 23.5. The van der Waals surface area contributed by atoms with Gasteiger partial charge in [-0.05, 0) is 37.6 Å². The van der Waals surface area contributed by atoms with Crippen molar-refractivity contribution in [2.24, 2.45) is 13.0 Å². The van der Waals surface area contributed by atoms with Crippen molar-refractivity contribution in [2.75, 3.05) is 19.8 Å². The van der Waals surface area contributed by atoms with Crippen molar-refractivity contribution in [1.82, 2.24) is 33.7 Å². The number of benzene rings is 2. The van der Waals surface area contributed by atoms with Crippen molar-refractivity contribution in [3.05, 3.63) is 82.9 Å². The largest absolute Gasteiger partial charge is 0.477 e. The maximum Gasteiger partial charge on any atom is 0.262 e. The SMILES string of the molecule is Cc1cc2n(Cc3nc(OCC4CCOC4)c4cc(-c5cn(C)cn5)ccc4n3)c(=O)c3ccccc3n2n1. The summed E-state index contributed by atoms with van der Waals surface area (Å²) < 4.78 is 17.2. The number of nitrogens with zero attached hydrogens (tertiary/aromatic N) is 7. The third kappa shape index (κ3) is 4.22. The molecule has 2 aromatic carbocycles. The van der Waals surface area contributed by atoms with Gasteiger partial charge < -0.3 is 14.0 Å². The second kappa shape index (κ2) is 9.32. The van der Waals surface area contributed by atoms with E-state index in [0.29, 0.717) is 41.9 Å². The van der Waals surface area contributed by atoms with Gasteiger partial charge in [0.1, 0.15) is 5.65 Å². The number of fused-ring (bicyclic) bond motifs is 4. The van der Waals surface area contributed by atoms with Crippen LogP contribution in [-0.2, 0) is 18.3 Å². The smallest absolute Gasteiger partial charge is 0.262 e. The predicted molar refractivity (Wildman–Crippen MR) is 147 cm³/mol. The highest BCUT2D eigenvalue weighted by Gasteiger charge is 2.20. The lowest BCUT2D eigenvalue weighted by molar-refractivity contribution is 0.166. The summed E-state index contributed by atoms with van der Waals surface area (Å²) in [5.74, 6) is 1.30. The van der Waals surface area contributed by atoms with Crippen LogP contribution in [0, 0.1) is 12.8 Å². The van der Waals surface area contributed by atoms with Crippen molar-refractivity contribution in [2.45, 2.75) is 19.9 Å². The van der Waals surface area contributed by atoms with Gasteiger partial charge >= 0.3 is 0 Å². The van der Waals surface area contributed by atoms with Gasteiger partial charge in [0.2, 0.25) is 5.88 Å². The molecule has 39 heavy (non-hydrogen) atoms. The average molecular weight is 522 g/mol.